The van der Waals surface area contributed by atoms with E-state index in [1.54, 1.807) is 12.1 Å². The first kappa shape index (κ1) is 14.7. The Hall–Kier alpha value is -1.74. The maximum Gasteiger partial charge on any atom is 0.132 e. The molecule has 0 aromatic heterocycles. The average Bonchev–Trinajstić information content (AvgIpc) is 2.42. The van der Waals surface area contributed by atoms with Gasteiger partial charge in [-0.25, -0.2) is 4.39 Å². The van der Waals surface area contributed by atoms with E-state index in [-0.39, 0.29) is 11.9 Å². The zero-order valence-electron chi connectivity index (χ0n) is 11.7. The molecule has 4 heteroatoms. The first-order valence-electron chi connectivity index (χ1n) is 6.37. The highest BCUT2D eigenvalue weighted by Crippen LogP contribution is 2.27. The molecular formula is C16H17ClFNO. The van der Waals surface area contributed by atoms with Crippen LogP contribution in [0.5, 0.6) is 5.75 Å². The number of nitrogens with one attached hydrogen (secondary N) is 1. The summed E-state index contributed by atoms with van der Waals surface area (Å²) in [6.07, 6.45) is 0. The van der Waals surface area contributed by atoms with Crippen LogP contribution in [0, 0.1) is 12.7 Å². The lowest BCUT2D eigenvalue weighted by Crippen LogP contribution is -2.09. The molecule has 0 fully saturated rings. The van der Waals surface area contributed by atoms with Crippen LogP contribution >= 0.6 is 11.6 Å². The Morgan fingerprint density at radius 2 is 1.95 bits per heavy atom. The van der Waals surface area contributed by atoms with Crippen LogP contribution in [0.1, 0.15) is 24.1 Å². The second-order valence-electron chi connectivity index (χ2n) is 4.71. The quantitative estimate of drug-likeness (QED) is 0.859. The lowest BCUT2D eigenvalue weighted by molar-refractivity contribution is 0.410. The van der Waals surface area contributed by atoms with Gasteiger partial charge < -0.3 is 10.1 Å². The highest BCUT2D eigenvalue weighted by Gasteiger charge is 2.12. The van der Waals surface area contributed by atoms with Gasteiger partial charge in [-0.1, -0.05) is 23.7 Å². The molecule has 0 aliphatic heterocycles. The van der Waals surface area contributed by atoms with E-state index in [2.05, 4.69) is 5.32 Å². The smallest absolute Gasteiger partial charge is 0.132 e. The molecule has 0 bridgehead atoms. The van der Waals surface area contributed by atoms with Gasteiger partial charge in [-0.3, -0.25) is 0 Å². The highest BCUT2D eigenvalue weighted by molar-refractivity contribution is 6.30. The molecule has 2 rings (SSSR count). The molecule has 106 valence electrons. The number of aryl methyl sites for hydroxylation is 1. The Bertz CT molecular complexity index is 615. The van der Waals surface area contributed by atoms with Crippen molar-refractivity contribution < 1.29 is 9.13 Å². The van der Waals surface area contributed by atoms with Crippen molar-refractivity contribution in [1.82, 2.24) is 0 Å². The molecule has 0 amide bonds. The summed E-state index contributed by atoms with van der Waals surface area (Å²) in [4.78, 5) is 0. The number of ether oxygens (including phenoxy) is 1. The molecule has 20 heavy (non-hydrogen) atoms. The van der Waals surface area contributed by atoms with Crippen molar-refractivity contribution in [3.05, 3.63) is 58.4 Å². The van der Waals surface area contributed by atoms with Crippen molar-refractivity contribution in [2.24, 2.45) is 0 Å². The number of hydrogen-bond acceptors (Lipinski definition) is 2. The van der Waals surface area contributed by atoms with Gasteiger partial charge in [0.25, 0.3) is 0 Å². The standard InChI is InChI=1S/C16H17ClFNO/c1-10-4-5-12(17)8-16(10)19-11(2)14-7-6-13(20-3)9-15(14)18/h4-9,11,19H,1-3H3. The van der Waals surface area contributed by atoms with Crippen LogP contribution < -0.4 is 10.1 Å². The van der Waals surface area contributed by atoms with E-state index in [9.17, 15) is 4.39 Å². The zero-order valence-corrected chi connectivity index (χ0v) is 12.5. The Morgan fingerprint density at radius 1 is 1.20 bits per heavy atom. The number of hydrogen-bond donors (Lipinski definition) is 1. The monoisotopic (exact) mass is 293 g/mol. The summed E-state index contributed by atoms with van der Waals surface area (Å²) in [5, 5.41) is 3.93. The van der Waals surface area contributed by atoms with Gasteiger partial charge in [0.15, 0.2) is 0 Å². The van der Waals surface area contributed by atoms with Crippen molar-refractivity contribution in [3.63, 3.8) is 0 Å². The minimum absolute atomic E-state index is 0.168. The molecule has 0 aliphatic carbocycles. The first-order chi connectivity index (χ1) is 9.51. The Balaban J connectivity index is 2.23. The van der Waals surface area contributed by atoms with Crippen molar-refractivity contribution in [2.75, 3.05) is 12.4 Å². The summed E-state index contributed by atoms with van der Waals surface area (Å²) in [5.74, 6) is 0.224. The molecule has 0 heterocycles. The Morgan fingerprint density at radius 3 is 2.60 bits per heavy atom. The van der Waals surface area contributed by atoms with Crippen LogP contribution in [0.4, 0.5) is 10.1 Å². The molecule has 2 aromatic rings. The van der Waals surface area contributed by atoms with Gasteiger partial charge in [-0.15, -0.1) is 0 Å². The molecule has 1 N–H and O–H groups in total. The van der Waals surface area contributed by atoms with E-state index >= 15 is 0 Å². The molecular weight excluding hydrogens is 277 g/mol. The molecule has 0 saturated heterocycles. The zero-order chi connectivity index (χ0) is 14.7. The Labute approximate surface area is 123 Å². The number of halogens is 2. The van der Waals surface area contributed by atoms with E-state index < -0.39 is 0 Å². The van der Waals surface area contributed by atoms with E-state index in [4.69, 9.17) is 16.3 Å². The predicted molar refractivity (Wildman–Crippen MR) is 81.2 cm³/mol. The third-order valence-corrected chi connectivity index (χ3v) is 3.48. The van der Waals surface area contributed by atoms with Crippen LogP contribution in [0.2, 0.25) is 5.02 Å². The first-order valence-corrected chi connectivity index (χ1v) is 6.75. The van der Waals surface area contributed by atoms with Gasteiger partial charge in [0, 0.05) is 22.3 Å². The average molecular weight is 294 g/mol. The van der Waals surface area contributed by atoms with Crippen molar-refractivity contribution in [3.8, 4) is 5.75 Å². The van der Waals surface area contributed by atoms with Crippen LogP contribution in [0.3, 0.4) is 0 Å². The molecule has 0 aliphatic rings. The normalized spacial score (nSPS) is 12.1. The summed E-state index contributed by atoms with van der Waals surface area (Å²) in [6, 6.07) is 10.3. The number of rotatable bonds is 4. The lowest BCUT2D eigenvalue weighted by atomic mass is 10.1. The Kier molecular flexibility index (Phi) is 4.50. The third-order valence-electron chi connectivity index (χ3n) is 3.25. The molecule has 1 unspecified atom stereocenters. The predicted octanol–water partition coefficient (Wildman–Crippen LogP) is 4.97. The summed E-state index contributed by atoms with van der Waals surface area (Å²) in [6.45, 7) is 3.89. The minimum atomic E-state index is -0.288. The summed E-state index contributed by atoms with van der Waals surface area (Å²) in [5.41, 5.74) is 2.56. The molecule has 0 radical (unpaired) electrons. The maximum absolute atomic E-state index is 14.0. The number of benzene rings is 2. The molecule has 2 aromatic carbocycles. The number of methoxy groups -OCH3 is 1. The minimum Gasteiger partial charge on any atom is -0.497 e. The van der Waals surface area contributed by atoms with Gasteiger partial charge in [0.2, 0.25) is 0 Å². The maximum atomic E-state index is 14.0. The fraction of sp³-hybridized carbons (Fsp3) is 0.250. The van der Waals surface area contributed by atoms with Crippen LogP contribution in [0.15, 0.2) is 36.4 Å². The van der Waals surface area contributed by atoms with Crippen molar-refractivity contribution in [1.29, 1.82) is 0 Å². The van der Waals surface area contributed by atoms with Crippen molar-refractivity contribution >= 4 is 17.3 Å². The molecule has 0 saturated carbocycles. The van der Waals surface area contributed by atoms with E-state index in [1.807, 2.05) is 32.0 Å². The van der Waals surface area contributed by atoms with Gasteiger partial charge in [-0.05, 0) is 37.6 Å². The third kappa shape index (κ3) is 3.23. The summed E-state index contributed by atoms with van der Waals surface area (Å²) < 4.78 is 19.0. The van der Waals surface area contributed by atoms with Gasteiger partial charge in [0.05, 0.1) is 13.2 Å². The SMILES string of the molecule is COc1ccc(C(C)Nc2cc(Cl)ccc2C)c(F)c1. The fourth-order valence-electron chi connectivity index (χ4n) is 2.05. The summed E-state index contributed by atoms with van der Waals surface area (Å²) >= 11 is 5.99. The molecule has 0 spiro atoms. The number of anilines is 1. The molecule has 1 atom stereocenters. The topological polar surface area (TPSA) is 21.3 Å². The molecule has 2 nitrogen and oxygen atoms in total. The van der Waals surface area contributed by atoms with E-state index in [0.29, 0.717) is 16.3 Å². The van der Waals surface area contributed by atoms with E-state index in [1.165, 1.54) is 13.2 Å². The fourth-order valence-corrected chi connectivity index (χ4v) is 2.22. The van der Waals surface area contributed by atoms with E-state index in [0.717, 1.165) is 11.3 Å². The van der Waals surface area contributed by atoms with Crippen LogP contribution in [0.25, 0.3) is 0 Å². The summed E-state index contributed by atoms with van der Waals surface area (Å²) in [7, 11) is 1.52. The van der Waals surface area contributed by atoms with Gasteiger partial charge in [-0.2, -0.15) is 0 Å². The van der Waals surface area contributed by atoms with Crippen LogP contribution in [-0.4, -0.2) is 7.11 Å². The van der Waals surface area contributed by atoms with Gasteiger partial charge in [0.1, 0.15) is 11.6 Å². The van der Waals surface area contributed by atoms with Gasteiger partial charge >= 0.3 is 0 Å². The second kappa shape index (κ2) is 6.14. The largest absolute Gasteiger partial charge is 0.497 e. The lowest BCUT2D eigenvalue weighted by Gasteiger charge is -2.18. The van der Waals surface area contributed by atoms with Crippen molar-refractivity contribution in [2.45, 2.75) is 19.9 Å². The second-order valence-corrected chi connectivity index (χ2v) is 5.15. The van der Waals surface area contributed by atoms with Crippen LogP contribution in [-0.2, 0) is 0 Å². The highest BCUT2D eigenvalue weighted by atomic mass is 35.5.